The number of aliphatic hydroxyl groups is 1. The Kier molecular flexibility index (Phi) is 4.73. The second kappa shape index (κ2) is 6.71. The lowest BCUT2D eigenvalue weighted by atomic mass is 10.0. The second-order valence-corrected chi connectivity index (χ2v) is 4.46. The van der Waals surface area contributed by atoms with Gasteiger partial charge in [0.15, 0.2) is 5.76 Å². The molecule has 114 valence electrons. The molecule has 1 heterocycles. The summed E-state index contributed by atoms with van der Waals surface area (Å²) in [5.74, 6) is -2.83. The lowest BCUT2D eigenvalue weighted by Crippen LogP contribution is -2.07. The number of halogens is 1. The van der Waals surface area contributed by atoms with E-state index in [-0.39, 0.29) is 11.6 Å². The Morgan fingerprint density at radius 3 is 2.59 bits per heavy atom. The van der Waals surface area contributed by atoms with Crippen molar-refractivity contribution in [3.8, 4) is 0 Å². The van der Waals surface area contributed by atoms with E-state index in [1.165, 1.54) is 18.4 Å². The zero-order chi connectivity index (χ0) is 16.1. The molecule has 0 atom stereocenters. The molecule has 0 saturated heterocycles. The number of carbonyl (C=O) groups excluding carboxylic acids is 2. The summed E-state index contributed by atoms with van der Waals surface area (Å²) in [7, 11) is 1.09. The predicted molar refractivity (Wildman–Crippen MR) is 75.0 cm³/mol. The maximum atomic E-state index is 12.9. The molecule has 1 N–H and O–H groups in total. The van der Waals surface area contributed by atoms with Crippen molar-refractivity contribution in [3.05, 3.63) is 71.1 Å². The molecule has 6 heteroatoms. The number of furan rings is 1. The number of aliphatic hydroxyl groups excluding tert-OH is 1. The molecule has 22 heavy (non-hydrogen) atoms. The first-order valence-electron chi connectivity index (χ1n) is 6.35. The van der Waals surface area contributed by atoms with Gasteiger partial charge in [-0.15, -0.1) is 0 Å². The third kappa shape index (κ3) is 3.60. The van der Waals surface area contributed by atoms with Crippen LogP contribution < -0.4 is 0 Å². The molecule has 0 amide bonds. The lowest BCUT2D eigenvalue weighted by molar-refractivity contribution is -0.139. The fraction of sp³-hybridized carbons (Fsp3) is 0.125. The van der Waals surface area contributed by atoms with E-state index in [0.29, 0.717) is 12.0 Å². The van der Waals surface area contributed by atoms with Crippen LogP contribution in [0.5, 0.6) is 0 Å². The van der Waals surface area contributed by atoms with Gasteiger partial charge in [-0.2, -0.15) is 0 Å². The summed E-state index contributed by atoms with van der Waals surface area (Å²) in [5, 5.41) is 9.38. The second-order valence-electron chi connectivity index (χ2n) is 4.46. The minimum absolute atomic E-state index is 0.000205. The summed E-state index contributed by atoms with van der Waals surface area (Å²) >= 11 is 0. The molecule has 0 spiro atoms. The molecule has 1 aromatic heterocycles. The summed E-state index contributed by atoms with van der Waals surface area (Å²) in [5.41, 5.74) is 1.35. The molecule has 1 aromatic carbocycles. The summed E-state index contributed by atoms with van der Waals surface area (Å²) < 4.78 is 22.3. The number of methoxy groups -OCH3 is 1. The number of hydrogen-bond acceptors (Lipinski definition) is 5. The van der Waals surface area contributed by atoms with Crippen molar-refractivity contribution in [2.24, 2.45) is 0 Å². The van der Waals surface area contributed by atoms with E-state index in [1.807, 2.05) is 0 Å². The van der Waals surface area contributed by atoms with Crippen LogP contribution in [0.15, 0.2) is 52.8 Å². The molecule has 0 radical (unpaired) electrons. The fourth-order valence-corrected chi connectivity index (χ4v) is 1.87. The number of rotatable bonds is 5. The van der Waals surface area contributed by atoms with Crippen LogP contribution in [-0.2, 0) is 16.0 Å². The number of hydrogen-bond donors (Lipinski definition) is 1. The van der Waals surface area contributed by atoms with Crippen LogP contribution >= 0.6 is 0 Å². The highest BCUT2D eigenvalue weighted by molar-refractivity contribution is 6.07. The Balaban J connectivity index is 2.20. The standard InChI is InChI=1S/C16H13FO5/c1-21-16(20)14(19)9-13(18)15-11(6-7-22-15)8-10-2-4-12(17)5-3-10/h2-7,9,19H,8H2,1H3/b14-9-. The van der Waals surface area contributed by atoms with Gasteiger partial charge in [0, 0.05) is 18.1 Å². The summed E-state index contributed by atoms with van der Waals surface area (Å²) in [6.07, 6.45) is 2.42. The average Bonchev–Trinajstić information content (AvgIpc) is 2.96. The van der Waals surface area contributed by atoms with Crippen molar-refractivity contribution in [2.75, 3.05) is 7.11 Å². The van der Waals surface area contributed by atoms with E-state index in [1.54, 1.807) is 18.2 Å². The van der Waals surface area contributed by atoms with Crippen LogP contribution in [0.3, 0.4) is 0 Å². The third-order valence-electron chi connectivity index (χ3n) is 2.94. The van der Waals surface area contributed by atoms with Crippen LogP contribution in [0, 0.1) is 5.82 Å². The van der Waals surface area contributed by atoms with E-state index in [4.69, 9.17) is 4.42 Å². The average molecular weight is 304 g/mol. The third-order valence-corrected chi connectivity index (χ3v) is 2.94. The molecule has 0 aliphatic carbocycles. The number of ether oxygens (including phenoxy) is 1. The van der Waals surface area contributed by atoms with Gasteiger partial charge in [0.25, 0.3) is 0 Å². The maximum absolute atomic E-state index is 12.9. The highest BCUT2D eigenvalue weighted by atomic mass is 19.1. The van der Waals surface area contributed by atoms with E-state index in [0.717, 1.165) is 18.7 Å². The van der Waals surface area contributed by atoms with E-state index < -0.39 is 17.5 Å². The van der Waals surface area contributed by atoms with Gasteiger partial charge in [-0.3, -0.25) is 4.79 Å². The smallest absolute Gasteiger partial charge is 0.373 e. The first kappa shape index (κ1) is 15.5. The lowest BCUT2D eigenvalue weighted by Gasteiger charge is -2.01. The molecular weight excluding hydrogens is 291 g/mol. The zero-order valence-electron chi connectivity index (χ0n) is 11.7. The Labute approximate surface area is 125 Å². The zero-order valence-corrected chi connectivity index (χ0v) is 11.7. The quantitative estimate of drug-likeness (QED) is 0.398. The largest absolute Gasteiger partial charge is 0.502 e. The Hall–Kier alpha value is -2.89. The minimum atomic E-state index is -1.01. The predicted octanol–water partition coefficient (Wildman–Crippen LogP) is 2.81. The van der Waals surface area contributed by atoms with Crippen LogP contribution in [-0.4, -0.2) is 24.0 Å². The van der Waals surface area contributed by atoms with Gasteiger partial charge in [0.05, 0.1) is 13.4 Å². The summed E-state index contributed by atoms with van der Waals surface area (Å²) in [6.45, 7) is 0. The van der Waals surface area contributed by atoms with Crippen LogP contribution in [0.1, 0.15) is 21.7 Å². The van der Waals surface area contributed by atoms with Crippen LogP contribution in [0.25, 0.3) is 0 Å². The molecule has 5 nitrogen and oxygen atoms in total. The first-order valence-corrected chi connectivity index (χ1v) is 6.35. The number of allylic oxidation sites excluding steroid dienone is 1. The number of esters is 1. The molecule has 0 bridgehead atoms. The number of benzene rings is 1. The Morgan fingerprint density at radius 2 is 1.95 bits per heavy atom. The van der Waals surface area contributed by atoms with E-state index in [2.05, 4.69) is 4.74 Å². The van der Waals surface area contributed by atoms with E-state index in [9.17, 15) is 19.1 Å². The maximum Gasteiger partial charge on any atom is 0.373 e. The number of ketones is 1. The molecule has 0 unspecified atom stereocenters. The number of carbonyl (C=O) groups is 2. The Morgan fingerprint density at radius 1 is 1.27 bits per heavy atom. The molecule has 2 aromatic rings. The monoisotopic (exact) mass is 304 g/mol. The topological polar surface area (TPSA) is 76.7 Å². The van der Waals surface area contributed by atoms with Crippen molar-refractivity contribution in [1.29, 1.82) is 0 Å². The normalized spacial score (nSPS) is 11.3. The summed E-state index contributed by atoms with van der Waals surface area (Å²) in [6, 6.07) is 7.43. The van der Waals surface area contributed by atoms with E-state index >= 15 is 0 Å². The van der Waals surface area contributed by atoms with Crippen molar-refractivity contribution in [1.82, 2.24) is 0 Å². The molecular formula is C16H13FO5. The van der Waals surface area contributed by atoms with Crippen molar-refractivity contribution < 1.29 is 28.2 Å². The van der Waals surface area contributed by atoms with Crippen molar-refractivity contribution in [3.63, 3.8) is 0 Å². The van der Waals surface area contributed by atoms with Gasteiger partial charge in [-0.05, 0) is 23.8 Å². The van der Waals surface area contributed by atoms with Gasteiger partial charge in [0.1, 0.15) is 5.82 Å². The molecule has 0 fully saturated rings. The molecule has 0 aliphatic rings. The first-order chi connectivity index (χ1) is 10.5. The highest BCUT2D eigenvalue weighted by Crippen LogP contribution is 2.17. The highest BCUT2D eigenvalue weighted by Gasteiger charge is 2.17. The van der Waals surface area contributed by atoms with Gasteiger partial charge in [-0.25, -0.2) is 9.18 Å². The van der Waals surface area contributed by atoms with Crippen molar-refractivity contribution in [2.45, 2.75) is 6.42 Å². The van der Waals surface area contributed by atoms with Gasteiger partial charge in [0.2, 0.25) is 11.5 Å². The van der Waals surface area contributed by atoms with Crippen molar-refractivity contribution >= 4 is 11.8 Å². The fourth-order valence-electron chi connectivity index (χ4n) is 1.87. The Bertz CT molecular complexity index is 712. The molecule has 0 saturated carbocycles. The van der Waals surface area contributed by atoms with Crippen LogP contribution in [0.2, 0.25) is 0 Å². The summed E-state index contributed by atoms with van der Waals surface area (Å²) in [4.78, 5) is 23.1. The van der Waals surface area contributed by atoms with Crippen LogP contribution in [0.4, 0.5) is 4.39 Å². The van der Waals surface area contributed by atoms with Gasteiger partial charge < -0.3 is 14.3 Å². The van der Waals surface area contributed by atoms with Gasteiger partial charge >= 0.3 is 5.97 Å². The molecule has 2 rings (SSSR count). The van der Waals surface area contributed by atoms with Gasteiger partial charge in [-0.1, -0.05) is 12.1 Å². The SMILES string of the molecule is COC(=O)/C(O)=C/C(=O)c1occc1Cc1ccc(F)cc1. The minimum Gasteiger partial charge on any atom is -0.502 e. The molecule has 0 aliphatic heterocycles.